The lowest BCUT2D eigenvalue weighted by molar-refractivity contribution is -0.145. The molecule has 2 heterocycles. The van der Waals surface area contributed by atoms with Gasteiger partial charge in [-0.15, -0.1) is 0 Å². The SMILES string of the molecule is FC(F)(F)c1ncc(C2CC3(CNC3)C2)cn1. The van der Waals surface area contributed by atoms with Crippen molar-refractivity contribution in [1.29, 1.82) is 0 Å². The first-order valence-electron chi connectivity index (χ1n) is 5.58. The molecule has 0 bridgehead atoms. The number of nitrogens with one attached hydrogen (secondary N) is 1. The Morgan fingerprint density at radius 2 is 1.76 bits per heavy atom. The standard InChI is InChI=1S/C11H12F3N3/c12-11(13,14)9-16-3-8(4-17-9)7-1-10(2-7)5-15-6-10/h3-4,7,15H,1-2,5-6H2. The molecule has 92 valence electrons. The van der Waals surface area contributed by atoms with E-state index in [2.05, 4.69) is 15.3 Å². The van der Waals surface area contributed by atoms with E-state index in [0.717, 1.165) is 31.5 Å². The van der Waals surface area contributed by atoms with Crippen molar-refractivity contribution in [2.45, 2.75) is 24.9 Å². The molecule has 1 saturated heterocycles. The molecule has 2 fully saturated rings. The monoisotopic (exact) mass is 243 g/mol. The maximum Gasteiger partial charge on any atom is 0.451 e. The van der Waals surface area contributed by atoms with E-state index < -0.39 is 12.0 Å². The summed E-state index contributed by atoms with van der Waals surface area (Å²) in [5, 5.41) is 3.22. The molecule has 1 aliphatic heterocycles. The van der Waals surface area contributed by atoms with Crippen LogP contribution in [0.3, 0.4) is 0 Å². The minimum Gasteiger partial charge on any atom is -0.316 e. The fourth-order valence-corrected chi connectivity index (χ4v) is 2.68. The third-order valence-corrected chi connectivity index (χ3v) is 3.76. The Hall–Kier alpha value is -1.17. The molecule has 0 atom stereocenters. The van der Waals surface area contributed by atoms with E-state index in [1.165, 1.54) is 12.4 Å². The molecule has 3 rings (SSSR count). The van der Waals surface area contributed by atoms with Crippen molar-refractivity contribution in [2.75, 3.05) is 13.1 Å². The molecular weight excluding hydrogens is 231 g/mol. The molecule has 6 heteroatoms. The van der Waals surface area contributed by atoms with Crippen LogP contribution in [0.25, 0.3) is 0 Å². The summed E-state index contributed by atoms with van der Waals surface area (Å²) in [6.45, 7) is 2.07. The summed E-state index contributed by atoms with van der Waals surface area (Å²) in [7, 11) is 0. The molecule has 0 radical (unpaired) electrons. The fourth-order valence-electron chi connectivity index (χ4n) is 2.68. The van der Waals surface area contributed by atoms with Crippen molar-refractivity contribution >= 4 is 0 Å². The van der Waals surface area contributed by atoms with Gasteiger partial charge in [0.05, 0.1) is 0 Å². The molecule has 0 unspecified atom stereocenters. The second kappa shape index (κ2) is 3.41. The molecule has 0 aromatic carbocycles. The quantitative estimate of drug-likeness (QED) is 0.819. The summed E-state index contributed by atoms with van der Waals surface area (Å²) in [6, 6.07) is 0. The predicted molar refractivity (Wildman–Crippen MR) is 54.3 cm³/mol. The highest BCUT2D eigenvalue weighted by Gasteiger charge is 2.49. The Bertz CT molecular complexity index is 415. The van der Waals surface area contributed by atoms with E-state index in [-0.39, 0.29) is 0 Å². The topological polar surface area (TPSA) is 37.8 Å². The molecule has 1 aliphatic carbocycles. The van der Waals surface area contributed by atoms with Gasteiger partial charge < -0.3 is 5.32 Å². The van der Waals surface area contributed by atoms with Gasteiger partial charge in [-0.1, -0.05) is 0 Å². The van der Waals surface area contributed by atoms with Gasteiger partial charge >= 0.3 is 6.18 Å². The van der Waals surface area contributed by atoms with Crippen LogP contribution in [0.15, 0.2) is 12.4 Å². The summed E-state index contributed by atoms with van der Waals surface area (Å²) < 4.78 is 36.8. The second-order valence-corrected chi connectivity index (χ2v) is 5.05. The lowest BCUT2D eigenvalue weighted by atomic mass is 9.57. The molecular formula is C11H12F3N3. The Morgan fingerprint density at radius 1 is 1.18 bits per heavy atom. The summed E-state index contributed by atoms with van der Waals surface area (Å²) in [5.41, 5.74) is 1.24. The summed E-state index contributed by atoms with van der Waals surface area (Å²) in [4.78, 5) is 6.79. The maximum atomic E-state index is 12.3. The van der Waals surface area contributed by atoms with Crippen LogP contribution in [-0.4, -0.2) is 23.1 Å². The van der Waals surface area contributed by atoms with Crippen LogP contribution in [0.2, 0.25) is 0 Å². The lowest BCUT2D eigenvalue weighted by Crippen LogP contribution is -2.59. The predicted octanol–water partition coefficient (Wildman–Crippen LogP) is 1.96. The smallest absolute Gasteiger partial charge is 0.316 e. The van der Waals surface area contributed by atoms with Gasteiger partial charge in [-0.25, -0.2) is 9.97 Å². The van der Waals surface area contributed by atoms with E-state index in [4.69, 9.17) is 0 Å². The average Bonchev–Trinajstić information content (AvgIpc) is 2.12. The summed E-state index contributed by atoms with van der Waals surface area (Å²) in [5.74, 6) is -0.722. The maximum absolute atomic E-state index is 12.3. The lowest BCUT2D eigenvalue weighted by Gasteiger charge is -2.54. The Balaban J connectivity index is 1.69. The Labute approximate surface area is 96.5 Å². The molecule has 0 amide bonds. The van der Waals surface area contributed by atoms with E-state index in [9.17, 15) is 13.2 Å². The van der Waals surface area contributed by atoms with Gasteiger partial charge in [-0.2, -0.15) is 13.2 Å². The van der Waals surface area contributed by atoms with Crippen molar-refractivity contribution in [1.82, 2.24) is 15.3 Å². The highest BCUT2D eigenvalue weighted by atomic mass is 19.4. The number of hydrogen-bond acceptors (Lipinski definition) is 3. The van der Waals surface area contributed by atoms with Gasteiger partial charge in [-0.05, 0) is 29.7 Å². The zero-order chi connectivity index (χ0) is 12.1. The molecule has 3 nitrogen and oxygen atoms in total. The highest BCUT2D eigenvalue weighted by molar-refractivity contribution is 5.21. The van der Waals surface area contributed by atoms with Gasteiger partial charge in [0.1, 0.15) is 0 Å². The van der Waals surface area contributed by atoms with Gasteiger partial charge in [0.2, 0.25) is 5.82 Å². The van der Waals surface area contributed by atoms with E-state index >= 15 is 0 Å². The van der Waals surface area contributed by atoms with Gasteiger partial charge in [-0.3, -0.25) is 0 Å². The first-order chi connectivity index (χ1) is 7.99. The van der Waals surface area contributed by atoms with Crippen molar-refractivity contribution in [3.63, 3.8) is 0 Å². The molecule has 2 aliphatic rings. The second-order valence-electron chi connectivity index (χ2n) is 5.05. The van der Waals surface area contributed by atoms with Crippen LogP contribution in [0, 0.1) is 5.41 Å². The zero-order valence-electron chi connectivity index (χ0n) is 9.09. The normalized spacial score (nSPS) is 23.2. The van der Waals surface area contributed by atoms with Crippen molar-refractivity contribution in [3.05, 3.63) is 23.8 Å². The average molecular weight is 243 g/mol. The number of rotatable bonds is 1. The molecule has 1 aromatic heterocycles. The van der Waals surface area contributed by atoms with E-state index in [1.807, 2.05) is 0 Å². The Morgan fingerprint density at radius 3 is 2.18 bits per heavy atom. The van der Waals surface area contributed by atoms with E-state index in [1.54, 1.807) is 0 Å². The number of hydrogen-bond donors (Lipinski definition) is 1. The number of aromatic nitrogens is 2. The van der Waals surface area contributed by atoms with Crippen molar-refractivity contribution < 1.29 is 13.2 Å². The molecule has 1 N–H and O–H groups in total. The van der Waals surface area contributed by atoms with Crippen LogP contribution in [0.5, 0.6) is 0 Å². The fraction of sp³-hybridized carbons (Fsp3) is 0.636. The van der Waals surface area contributed by atoms with Crippen molar-refractivity contribution in [2.24, 2.45) is 5.41 Å². The van der Waals surface area contributed by atoms with Crippen LogP contribution < -0.4 is 5.32 Å². The van der Waals surface area contributed by atoms with Crippen LogP contribution in [0.4, 0.5) is 13.2 Å². The molecule has 1 aromatic rings. The van der Waals surface area contributed by atoms with Crippen molar-refractivity contribution in [3.8, 4) is 0 Å². The Kier molecular flexibility index (Phi) is 2.20. The minimum absolute atomic E-state index is 0.333. The molecule has 17 heavy (non-hydrogen) atoms. The van der Waals surface area contributed by atoms with Crippen LogP contribution in [0.1, 0.15) is 30.1 Å². The molecule has 1 saturated carbocycles. The highest BCUT2D eigenvalue weighted by Crippen LogP contribution is 2.52. The summed E-state index contributed by atoms with van der Waals surface area (Å²) >= 11 is 0. The third kappa shape index (κ3) is 1.80. The van der Waals surface area contributed by atoms with Gasteiger partial charge in [0.25, 0.3) is 0 Å². The third-order valence-electron chi connectivity index (χ3n) is 3.76. The first-order valence-corrected chi connectivity index (χ1v) is 5.58. The number of halogens is 3. The largest absolute Gasteiger partial charge is 0.451 e. The zero-order valence-corrected chi connectivity index (χ0v) is 9.09. The van der Waals surface area contributed by atoms with Crippen LogP contribution in [-0.2, 0) is 6.18 Å². The van der Waals surface area contributed by atoms with Gasteiger partial charge in [0.15, 0.2) is 0 Å². The first kappa shape index (κ1) is 11.0. The molecule has 1 spiro atoms. The summed E-state index contributed by atoms with van der Waals surface area (Å²) in [6.07, 6.45) is 0.263. The number of alkyl halides is 3. The number of nitrogens with zero attached hydrogens (tertiary/aromatic N) is 2. The minimum atomic E-state index is -4.45. The van der Waals surface area contributed by atoms with E-state index in [0.29, 0.717) is 11.3 Å². The van der Waals surface area contributed by atoms with Crippen LogP contribution >= 0.6 is 0 Å². The van der Waals surface area contributed by atoms with Gasteiger partial charge in [0, 0.05) is 25.5 Å².